The number of likely N-dealkylation sites (tertiary alicyclic amines) is 3. The number of carbonyl (C=O) groups excluding carboxylic acids is 3. The summed E-state index contributed by atoms with van der Waals surface area (Å²) in [7, 11) is 0. The fraction of sp³-hybridized carbons (Fsp3) is 0.444. The summed E-state index contributed by atoms with van der Waals surface area (Å²) >= 11 is 0. The van der Waals surface area contributed by atoms with E-state index in [9.17, 15) is 46.3 Å². The van der Waals surface area contributed by atoms with Crippen molar-refractivity contribution in [3.63, 3.8) is 0 Å². The maximum atomic E-state index is 14.7. The van der Waals surface area contributed by atoms with Gasteiger partial charge >= 0.3 is 35.3 Å². The van der Waals surface area contributed by atoms with Crippen molar-refractivity contribution in [3.05, 3.63) is 198 Å². The van der Waals surface area contributed by atoms with Crippen LogP contribution in [-0.2, 0) is 33.2 Å². The Labute approximate surface area is 766 Å². The average Bonchev–Trinajstić information content (AvgIpc) is 1.64. The summed E-state index contributed by atoms with van der Waals surface area (Å²) in [4.78, 5) is 136. The molecule has 135 heavy (non-hydrogen) atoms. The van der Waals surface area contributed by atoms with Crippen LogP contribution in [0.3, 0.4) is 0 Å². The number of nitrogen functional groups attached to an aromatic ring is 1. The van der Waals surface area contributed by atoms with Crippen molar-refractivity contribution in [1.29, 1.82) is 0 Å². The molecule has 1 aliphatic carbocycles. The minimum Gasteiger partial charge on any atom is -0.472 e. The van der Waals surface area contributed by atoms with Crippen LogP contribution < -0.4 is 52.4 Å². The molecule has 702 valence electrons. The highest BCUT2D eigenvalue weighted by atomic mass is 19.1. The van der Waals surface area contributed by atoms with Gasteiger partial charge in [-0.05, 0) is 110 Å². The third-order valence-corrected chi connectivity index (χ3v) is 24.2. The molecule has 20 rings (SSSR count). The van der Waals surface area contributed by atoms with Crippen LogP contribution in [0.2, 0.25) is 0 Å². The molecule has 8 saturated heterocycles. The Morgan fingerprint density at radius 3 is 1.07 bits per heavy atom. The fourth-order valence-corrected chi connectivity index (χ4v) is 17.6. The molecule has 11 aromatic rings. The predicted molar refractivity (Wildman–Crippen MR) is 473 cm³/mol. The van der Waals surface area contributed by atoms with E-state index >= 15 is 0 Å². The topological polar surface area (TPSA) is 446 Å². The van der Waals surface area contributed by atoms with Gasteiger partial charge < -0.3 is 83.2 Å². The Balaban J connectivity index is 0.000000125. The molecule has 15 heterocycles. The number of nitrogens with zero attached hydrogens (tertiary/aromatic N) is 18. The highest BCUT2D eigenvalue weighted by molar-refractivity contribution is 5.81. The summed E-state index contributed by atoms with van der Waals surface area (Å²) in [6, 6.07) is 15.7. The number of nitrogens with one attached hydrogen (secondary N) is 5. The number of imidazole rings is 3. The first-order chi connectivity index (χ1) is 64.8. The Morgan fingerprint density at radius 2 is 0.741 bits per heavy atom. The number of carbonyl (C=O) groups is 3. The summed E-state index contributed by atoms with van der Waals surface area (Å²) in [6.07, 6.45) is 4.78. The zero-order chi connectivity index (χ0) is 95.1. The molecule has 0 spiro atoms. The number of hydrogen-bond donors (Lipinski definition) is 6. The summed E-state index contributed by atoms with van der Waals surface area (Å²) in [5.74, 6) is -2.14. The number of rotatable bonds is 14. The van der Waals surface area contributed by atoms with Crippen LogP contribution in [0.5, 0.6) is 23.5 Å². The van der Waals surface area contributed by atoms with Gasteiger partial charge in [0, 0.05) is 99.7 Å². The molecule has 8 unspecified atom stereocenters. The molecule has 8 bridgehead atoms. The van der Waals surface area contributed by atoms with Gasteiger partial charge in [0.1, 0.15) is 112 Å². The lowest BCUT2D eigenvalue weighted by Crippen LogP contribution is -2.59. The van der Waals surface area contributed by atoms with Crippen molar-refractivity contribution in [2.45, 2.75) is 103 Å². The van der Waals surface area contributed by atoms with E-state index in [0.717, 1.165) is 63.9 Å². The van der Waals surface area contributed by atoms with Crippen LogP contribution >= 0.6 is 0 Å². The van der Waals surface area contributed by atoms with Crippen molar-refractivity contribution in [2.24, 2.45) is 47.3 Å². The minimum atomic E-state index is -0.728. The van der Waals surface area contributed by atoms with E-state index in [4.69, 9.17) is 84.1 Å². The molecular weight excluding hydrogens is 1770 g/mol. The van der Waals surface area contributed by atoms with Crippen molar-refractivity contribution in [2.75, 3.05) is 116 Å². The summed E-state index contributed by atoms with van der Waals surface area (Å²) in [5, 5.41) is 6.21. The normalized spacial score (nSPS) is 22.9. The van der Waals surface area contributed by atoms with Gasteiger partial charge in [-0.3, -0.25) is 15.0 Å². The van der Waals surface area contributed by atoms with Crippen LogP contribution in [-0.4, -0.2) is 248 Å². The second-order valence-electron chi connectivity index (χ2n) is 36.2. The smallest absolute Gasteiger partial charge is 0.410 e. The van der Waals surface area contributed by atoms with E-state index in [1.54, 1.807) is 14.7 Å². The second kappa shape index (κ2) is 38.0. The molecule has 41 nitrogen and oxygen atoms in total. The van der Waals surface area contributed by atoms with Crippen molar-refractivity contribution in [3.8, 4) is 40.6 Å². The van der Waals surface area contributed by atoms with Gasteiger partial charge in [-0.25, -0.2) is 99.3 Å². The van der Waals surface area contributed by atoms with E-state index < -0.39 is 51.5 Å². The predicted octanol–water partition coefficient (Wildman–Crippen LogP) is 11.0. The van der Waals surface area contributed by atoms with Crippen LogP contribution in [0.25, 0.3) is 69.9 Å². The number of H-pyrrole nitrogens is 3. The molecule has 4 aromatic carbocycles. The third kappa shape index (κ3) is 19.8. The molecule has 8 aliphatic heterocycles. The number of anilines is 3. The zero-order valence-electron chi connectivity index (χ0n) is 74.0. The average molecular weight is 1860 g/mol. The number of hydrogen-bond acceptors (Lipinski definition) is 28. The lowest BCUT2D eigenvalue weighted by Gasteiger charge is -2.46. The van der Waals surface area contributed by atoms with E-state index in [2.05, 4.69) is 84.8 Å². The highest BCUT2D eigenvalue weighted by Crippen LogP contribution is 2.43. The Kier molecular flexibility index (Phi) is 25.9. The largest absolute Gasteiger partial charge is 0.472 e. The zero-order valence-corrected chi connectivity index (χ0v) is 74.0. The number of ether oxygens (including phenoxy) is 11. The monoisotopic (exact) mass is 1860 g/mol. The van der Waals surface area contributed by atoms with Gasteiger partial charge in [-0.1, -0.05) is 24.3 Å². The van der Waals surface area contributed by atoms with Gasteiger partial charge in [0.25, 0.3) is 0 Å². The van der Waals surface area contributed by atoms with Gasteiger partial charge in [0.05, 0.1) is 102 Å². The number of benzene rings is 4. The maximum absolute atomic E-state index is 14.7. The number of halogens is 4. The number of piperidine rings is 4. The van der Waals surface area contributed by atoms with E-state index in [1.807, 2.05) is 48.5 Å². The van der Waals surface area contributed by atoms with Crippen molar-refractivity contribution < 1.29 is 84.1 Å². The third-order valence-electron chi connectivity index (χ3n) is 24.2. The van der Waals surface area contributed by atoms with Crippen LogP contribution in [0, 0.1) is 96.9 Å². The SMILES string of the molecule is [C-]#[N+]c1ccc(-n2c(=O)[nH]c3c(OC4C5CNCC4COC5)ncnc32)c(F)c1.[C-]#[N+]c1ccc(-n2c(=O)[nH]c3c(OC4C5COCC4CN(C(=O)OC(C)(C)C)C5)ncnc32)c(F)c1.[C-]#[N+]c1ccc(-n2c(=O)[nH]c3c(OC4C5COCC4CN(C(=O)OC4(C)CC4)C5)ncnc32)c(F)c1.[C-]#[N+]c1ccc(Nc2ncnc(OC3C4COCC3CN(C(=O)OC(C)(C)C)C4)c2N)c(F)c1. The standard InChI is InChI=1S/C24H23FN6O5.C24H25FN6O5.C23H27FN6O4.C19H17FN6O3/c1-24(5-6-24)36-23(33)30-8-13-10-34-11-14(9-30)19(13)35-21-18-20(27-12-28-21)31(22(32)29-18)17-4-3-15(26-2)7-16(17)25;1-24(2,3)36-23(33)30-8-13-10-34-11-14(9-30)19(13)35-21-18-20(27-12-28-21)31(22(32)29-18)17-6-5-15(26-4)7-16(17)25;1-23(2,3)34-22(31)30-8-13-10-32-11-14(9-30)19(13)33-21-18(25)20(27-12-28-21)29-17-6-5-15(26-4)7-16(17)24;1-21-12-2-3-14(13(20)4-12)26-17-15(25-19(26)27)18(24-9-23-17)29-16-10-5-22-6-11(16)8-28-7-10/h3-4,7,12-14,19H,5-6,8-11H2,1H3,(H,29,32);5-7,12-14,19H,8-11H2,1-3H3,(H,29,32);5-7,12-14,19H,8-11,25H2,1-3H3,(H,27,28,29);2-4,9-11,16,22H,5-8H2,(H,25,27). The van der Waals surface area contributed by atoms with E-state index in [1.165, 1.54) is 73.8 Å². The van der Waals surface area contributed by atoms with Crippen molar-refractivity contribution >= 4 is 91.7 Å². The molecule has 1 saturated carbocycles. The molecule has 9 aliphatic rings. The number of nitrogens with two attached hydrogens (primary N) is 1. The number of aromatic nitrogens is 14. The Bertz CT molecular complexity index is 6490. The molecular formula is C90H92F4N24O17. The van der Waals surface area contributed by atoms with Gasteiger partial charge in [-0.15, -0.1) is 0 Å². The number of amides is 3. The van der Waals surface area contributed by atoms with Gasteiger partial charge in [0.2, 0.25) is 23.5 Å². The Morgan fingerprint density at radius 1 is 0.437 bits per heavy atom. The quantitative estimate of drug-likeness (QED) is 0.0334. The van der Waals surface area contributed by atoms with Crippen LogP contribution in [0.15, 0.2) is 112 Å². The maximum Gasteiger partial charge on any atom is 0.410 e. The van der Waals surface area contributed by atoms with Gasteiger partial charge in [0.15, 0.2) is 45.5 Å². The minimum absolute atomic E-state index is 0.00503. The molecule has 8 atom stereocenters. The molecule has 45 heteroatoms. The first-order valence-electron chi connectivity index (χ1n) is 43.4. The van der Waals surface area contributed by atoms with E-state index in [-0.39, 0.29) is 204 Å². The Hall–Kier alpha value is -14.9. The summed E-state index contributed by atoms with van der Waals surface area (Å²) in [6.45, 7) is 48.6. The first kappa shape index (κ1) is 92.0. The molecule has 7 N–H and O–H groups in total. The first-order valence-corrected chi connectivity index (χ1v) is 43.4. The summed E-state index contributed by atoms with van der Waals surface area (Å²) < 4.78 is 126. The van der Waals surface area contributed by atoms with Gasteiger partial charge in [-0.2, -0.15) is 19.9 Å². The lowest BCUT2D eigenvalue weighted by atomic mass is 9.84. The van der Waals surface area contributed by atoms with Crippen LogP contribution in [0.4, 0.5) is 71.9 Å². The fourth-order valence-electron chi connectivity index (χ4n) is 17.6. The lowest BCUT2D eigenvalue weighted by molar-refractivity contribution is -0.113. The molecule has 7 aromatic heterocycles. The highest BCUT2D eigenvalue weighted by Gasteiger charge is 2.50. The van der Waals surface area contributed by atoms with E-state index in [0.29, 0.717) is 97.6 Å². The van der Waals surface area contributed by atoms with Crippen LogP contribution in [0.1, 0.15) is 61.3 Å². The second-order valence-corrected chi connectivity index (χ2v) is 36.2. The summed E-state index contributed by atoms with van der Waals surface area (Å²) in [5.41, 5.74) is 4.97. The number of aromatic amines is 3. The molecule has 0 radical (unpaired) electrons. The number of fused-ring (bicyclic) bond motifs is 11. The molecule has 9 fully saturated rings. The van der Waals surface area contributed by atoms with Crippen molar-refractivity contribution in [1.82, 2.24) is 88.5 Å². The molecule has 3 amide bonds.